The fraction of sp³-hybridized carbons (Fsp3) is 0.571. The zero-order valence-corrected chi connectivity index (χ0v) is 9.61. The molecule has 0 aromatic heterocycles. The normalized spacial score (nSPS) is 29.5. The SMILES string of the molecule is CC(C)CC1(c2ccccc2)CC1CO. The smallest absolute Gasteiger partial charge is 0.0468 e. The Hall–Kier alpha value is -0.820. The van der Waals surface area contributed by atoms with E-state index in [1.165, 1.54) is 12.0 Å². The van der Waals surface area contributed by atoms with E-state index in [0.717, 1.165) is 6.42 Å². The van der Waals surface area contributed by atoms with Gasteiger partial charge in [0.15, 0.2) is 0 Å². The molecule has 0 aliphatic heterocycles. The van der Waals surface area contributed by atoms with Crippen molar-refractivity contribution in [2.45, 2.75) is 32.1 Å². The Bertz CT molecular complexity index is 317. The van der Waals surface area contributed by atoms with Gasteiger partial charge in [-0.25, -0.2) is 0 Å². The molecule has 0 amide bonds. The van der Waals surface area contributed by atoms with Crippen molar-refractivity contribution in [3.8, 4) is 0 Å². The summed E-state index contributed by atoms with van der Waals surface area (Å²) in [5.74, 6) is 1.18. The van der Waals surface area contributed by atoms with Crippen LogP contribution in [0.2, 0.25) is 0 Å². The van der Waals surface area contributed by atoms with Gasteiger partial charge in [0.25, 0.3) is 0 Å². The quantitative estimate of drug-likeness (QED) is 0.799. The number of benzene rings is 1. The van der Waals surface area contributed by atoms with Gasteiger partial charge in [0.2, 0.25) is 0 Å². The summed E-state index contributed by atoms with van der Waals surface area (Å²) in [6.45, 7) is 4.86. The summed E-state index contributed by atoms with van der Waals surface area (Å²) in [6, 6.07) is 10.7. The Morgan fingerprint density at radius 2 is 2.00 bits per heavy atom. The molecule has 0 radical (unpaired) electrons. The maximum Gasteiger partial charge on any atom is 0.0468 e. The van der Waals surface area contributed by atoms with Crippen molar-refractivity contribution in [1.82, 2.24) is 0 Å². The number of hydrogen-bond acceptors (Lipinski definition) is 1. The highest BCUT2D eigenvalue weighted by molar-refractivity contribution is 5.33. The van der Waals surface area contributed by atoms with E-state index in [9.17, 15) is 5.11 Å². The van der Waals surface area contributed by atoms with E-state index >= 15 is 0 Å². The standard InChI is InChI=1S/C14H20O/c1-11(2)8-14(9-13(14)10-15)12-6-4-3-5-7-12/h3-7,11,13,15H,8-10H2,1-2H3. The van der Waals surface area contributed by atoms with Gasteiger partial charge in [0.05, 0.1) is 0 Å². The third-order valence-electron chi connectivity index (χ3n) is 3.57. The second-order valence-corrected chi connectivity index (χ2v) is 5.20. The van der Waals surface area contributed by atoms with Crippen molar-refractivity contribution in [2.24, 2.45) is 11.8 Å². The average molecular weight is 204 g/mol. The van der Waals surface area contributed by atoms with E-state index in [-0.39, 0.29) is 5.41 Å². The van der Waals surface area contributed by atoms with Crippen LogP contribution in [0.1, 0.15) is 32.3 Å². The summed E-state index contributed by atoms with van der Waals surface area (Å²) in [5, 5.41) is 9.32. The van der Waals surface area contributed by atoms with Crippen LogP contribution in [-0.2, 0) is 5.41 Å². The summed E-state index contributed by atoms with van der Waals surface area (Å²) >= 11 is 0. The zero-order chi connectivity index (χ0) is 10.9. The topological polar surface area (TPSA) is 20.2 Å². The Labute approximate surface area is 92.1 Å². The maximum absolute atomic E-state index is 9.32. The maximum atomic E-state index is 9.32. The molecule has 1 aliphatic carbocycles. The summed E-state index contributed by atoms with van der Waals surface area (Å²) in [6.07, 6.45) is 2.36. The molecule has 0 saturated heterocycles. The van der Waals surface area contributed by atoms with Gasteiger partial charge >= 0.3 is 0 Å². The third-order valence-corrected chi connectivity index (χ3v) is 3.57. The highest BCUT2D eigenvalue weighted by Gasteiger charge is 2.54. The zero-order valence-electron chi connectivity index (χ0n) is 9.61. The lowest BCUT2D eigenvalue weighted by Crippen LogP contribution is -2.14. The van der Waals surface area contributed by atoms with Crippen LogP contribution in [0.3, 0.4) is 0 Å². The lowest BCUT2D eigenvalue weighted by atomic mass is 9.85. The molecule has 1 heteroatoms. The van der Waals surface area contributed by atoms with Crippen molar-refractivity contribution in [3.05, 3.63) is 35.9 Å². The molecular formula is C14H20O. The van der Waals surface area contributed by atoms with E-state index < -0.39 is 0 Å². The molecule has 2 unspecified atom stereocenters. The van der Waals surface area contributed by atoms with E-state index in [1.54, 1.807) is 0 Å². The molecule has 1 nitrogen and oxygen atoms in total. The lowest BCUT2D eigenvalue weighted by molar-refractivity contribution is 0.257. The first-order valence-corrected chi connectivity index (χ1v) is 5.85. The molecule has 1 aliphatic rings. The molecule has 1 N–H and O–H groups in total. The van der Waals surface area contributed by atoms with Gasteiger partial charge in [-0.3, -0.25) is 0 Å². The molecule has 2 atom stereocenters. The molecule has 1 saturated carbocycles. The Morgan fingerprint density at radius 3 is 2.47 bits per heavy atom. The summed E-state index contributed by atoms with van der Waals surface area (Å²) in [7, 11) is 0. The van der Waals surface area contributed by atoms with E-state index in [0.29, 0.717) is 18.4 Å². The van der Waals surface area contributed by atoms with Gasteiger partial charge < -0.3 is 5.11 Å². The number of aliphatic hydroxyl groups is 1. The number of rotatable bonds is 4. The molecule has 0 spiro atoms. The van der Waals surface area contributed by atoms with Crippen LogP contribution in [0.25, 0.3) is 0 Å². The average Bonchev–Trinajstić information content (AvgIpc) is 2.93. The van der Waals surface area contributed by atoms with Crippen molar-refractivity contribution >= 4 is 0 Å². The lowest BCUT2D eigenvalue weighted by Gasteiger charge is -2.20. The van der Waals surface area contributed by atoms with E-state index in [1.807, 2.05) is 0 Å². The summed E-state index contributed by atoms with van der Waals surface area (Å²) < 4.78 is 0. The fourth-order valence-electron chi connectivity index (χ4n) is 2.84. The summed E-state index contributed by atoms with van der Waals surface area (Å²) in [5.41, 5.74) is 1.70. The Morgan fingerprint density at radius 1 is 1.33 bits per heavy atom. The minimum Gasteiger partial charge on any atom is -0.396 e. The number of hydrogen-bond donors (Lipinski definition) is 1. The first-order chi connectivity index (χ1) is 7.19. The monoisotopic (exact) mass is 204 g/mol. The fourth-order valence-corrected chi connectivity index (χ4v) is 2.84. The molecule has 0 heterocycles. The van der Waals surface area contributed by atoms with Crippen LogP contribution in [0.4, 0.5) is 0 Å². The van der Waals surface area contributed by atoms with Crippen molar-refractivity contribution in [2.75, 3.05) is 6.61 Å². The second-order valence-electron chi connectivity index (χ2n) is 5.20. The minimum absolute atomic E-state index is 0.282. The largest absolute Gasteiger partial charge is 0.396 e. The predicted molar refractivity (Wildman–Crippen MR) is 62.8 cm³/mol. The molecule has 1 fully saturated rings. The van der Waals surface area contributed by atoms with Crippen LogP contribution in [0.5, 0.6) is 0 Å². The molecule has 0 bridgehead atoms. The van der Waals surface area contributed by atoms with E-state index in [2.05, 4.69) is 44.2 Å². The second kappa shape index (κ2) is 3.97. The molecule has 1 aromatic carbocycles. The number of aliphatic hydroxyl groups excluding tert-OH is 1. The highest BCUT2D eigenvalue weighted by atomic mass is 16.3. The van der Waals surface area contributed by atoms with Gasteiger partial charge in [0, 0.05) is 12.0 Å². The van der Waals surface area contributed by atoms with Gasteiger partial charge in [-0.05, 0) is 30.2 Å². The van der Waals surface area contributed by atoms with Crippen LogP contribution >= 0.6 is 0 Å². The van der Waals surface area contributed by atoms with Gasteiger partial charge in [-0.2, -0.15) is 0 Å². The van der Waals surface area contributed by atoms with Crippen LogP contribution in [0, 0.1) is 11.8 Å². The highest BCUT2D eigenvalue weighted by Crippen LogP contribution is 2.57. The van der Waals surface area contributed by atoms with Crippen molar-refractivity contribution in [3.63, 3.8) is 0 Å². The van der Waals surface area contributed by atoms with Crippen molar-refractivity contribution in [1.29, 1.82) is 0 Å². The minimum atomic E-state index is 0.282. The van der Waals surface area contributed by atoms with Gasteiger partial charge in [-0.15, -0.1) is 0 Å². The van der Waals surface area contributed by atoms with Crippen LogP contribution in [0.15, 0.2) is 30.3 Å². The summed E-state index contributed by atoms with van der Waals surface area (Å²) in [4.78, 5) is 0. The molecular weight excluding hydrogens is 184 g/mol. The molecule has 1 aromatic rings. The molecule has 2 rings (SSSR count). The van der Waals surface area contributed by atoms with Gasteiger partial charge in [-0.1, -0.05) is 44.2 Å². The molecule has 15 heavy (non-hydrogen) atoms. The van der Waals surface area contributed by atoms with E-state index in [4.69, 9.17) is 0 Å². The van der Waals surface area contributed by atoms with Crippen LogP contribution < -0.4 is 0 Å². The third kappa shape index (κ3) is 1.93. The molecule has 82 valence electrons. The Balaban J connectivity index is 2.22. The van der Waals surface area contributed by atoms with Gasteiger partial charge in [0.1, 0.15) is 0 Å². The first-order valence-electron chi connectivity index (χ1n) is 5.85. The van der Waals surface area contributed by atoms with Crippen molar-refractivity contribution < 1.29 is 5.11 Å². The predicted octanol–water partition coefficient (Wildman–Crippen LogP) is 2.98. The van der Waals surface area contributed by atoms with Crippen LogP contribution in [-0.4, -0.2) is 11.7 Å². The first kappa shape index (κ1) is 10.7. The Kier molecular flexibility index (Phi) is 2.83.